The van der Waals surface area contributed by atoms with Gasteiger partial charge in [-0.2, -0.15) is 0 Å². The van der Waals surface area contributed by atoms with Gasteiger partial charge in [0.2, 0.25) is 5.91 Å². The van der Waals surface area contributed by atoms with Crippen molar-refractivity contribution in [2.45, 2.75) is 25.5 Å². The van der Waals surface area contributed by atoms with Crippen molar-refractivity contribution in [1.82, 2.24) is 0 Å². The molecule has 1 aliphatic heterocycles. The molecule has 0 spiro atoms. The first-order valence-corrected chi connectivity index (χ1v) is 13.0. The topological polar surface area (TPSA) is 89.5 Å². The number of carbonyl (C=O) groups is 2. The number of nitrogens with one attached hydrogen (secondary N) is 1. The van der Waals surface area contributed by atoms with Gasteiger partial charge in [0.25, 0.3) is 0 Å². The van der Waals surface area contributed by atoms with Crippen molar-refractivity contribution in [3.8, 4) is 11.1 Å². The standard InChI is InChI=1S/C24H23NO5S2/c1-2-30-24(27)22-19-12-13-32(28,29)15-20(19)31-23(22)25-21(26)14-16-8-10-18(11-9-16)17-6-4-3-5-7-17/h3-11H,2,12-15H2,1H3,(H,25,26). The molecule has 1 aromatic heterocycles. The van der Waals surface area contributed by atoms with Gasteiger partial charge in [0.05, 0.1) is 30.1 Å². The molecule has 2 aromatic carbocycles. The minimum atomic E-state index is -3.20. The van der Waals surface area contributed by atoms with Gasteiger partial charge in [0, 0.05) is 4.88 Å². The second kappa shape index (κ2) is 9.26. The number of hydrogen-bond acceptors (Lipinski definition) is 6. The van der Waals surface area contributed by atoms with Crippen LogP contribution in [0.3, 0.4) is 0 Å². The SMILES string of the molecule is CCOC(=O)c1c(NC(=O)Cc2ccc(-c3ccccc3)cc2)sc2c1CCS(=O)(=O)C2. The zero-order chi connectivity index (χ0) is 22.7. The summed E-state index contributed by atoms with van der Waals surface area (Å²) in [6, 6.07) is 17.7. The molecule has 6 nitrogen and oxygen atoms in total. The number of hydrogen-bond donors (Lipinski definition) is 1. The number of carbonyl (C=O) groups excluding carboxylic acids is 2. The Morgan fingerprint density at radius 1 is 1.03 bits per heavy atom. The molecule has 8 heteroatoms. The van der Waals surface area contributed by atoms with Gasteiger partial charge < -0.3 is 10.1 Å². The number of ether oxygens (including phenoxy) is 1. The third-order valence-electron chi connectivity index (χ3n) is 5.26. The molecule has 0 saturated carbocycles. The van der Waals surface area contributed by atoms with Crippen LogP contribution < -0.4 is 5.32 Å². The summed E-state index contributed by atoms with van der Waals surface area (Å²) in [7, 11) is -3.20. The lowest BCUT2D eigenvalue weighted by Crippen LogP contribution is -2.20. The van der Waals surface area contributed by atoms with E-state index in [-0.39, 0.29) is 42.4 Å². The monoisotopic (exact) mass is 469 g/mol. The van der Waals surface area contributed by atoms with Crippen LogP contribution >= 0.6 is 11.3 Å². The Labute approximate surface area is 191 Å². The lowest BCUT2D eigenvalue weighted by atomic mass is 10.0. The van der Waals surface area contributed by atoms with Crippen molar-refractivity contribution in [2.24, 2.45) is 0 Å². The molecular formula is C24H23NO5S2. The van der Waals surface area contributed by atoms with Crippen LogP contribution in [0.4, 0.5) is 5.00 Å². The van der Waals surface area contributed by atoms with E-state index in [1.807, 2.05) is 54.6 Å². The van der Waals surface area contributed by atoms with Gasteiger partial charge in [-0.1, -0.05) is 54.6 Å². The number of thiophene rings is 1. The van der Waals surface area contributed by atoms with Crippen LogP contribution in [0, 0.1) is 0 Å². The summed E-state index contributed by atoms with van der Waals surface area (Å²) in [5.74, 6) is -0.933. The van der Waals surface area contributed by atoms with Crippen LogP contribution in [0.1, 0.15) is 33.3 Å². The van der Waals surface area contributed by atoms with Gasteiger partial charge in [-0.25, -0.2) is 13.2 Å². The average Bonchev–Trinajstić information content (AvgIpc) is 3.10. The molecule has 1 amide bonds. The quantitative estimate of drug-likeness (QED) is 0.546. The number of esters is 1. The van der Waals surface area contributed by atoms with E-state index in [0.29, 0.717) is 15.4 Å². The maximum absolute atomic E-state index is 12.7. The largest absolute Gasteiger partial charge is 0.462 e. The Kier molecular flexibility index (Phi) is 6.43. The van der Waals surface area contributed by atoms with Crippen LogP contribution in [0.2, 0.25) is 0 Å². The van der Waals surface area contributed by atoms with Gasteiger partial charge in [0.15, 0.2) is 9.84 Å². The molecule has 1 N–H and O–H groups in total. The van der Waals surface area contributed by atoms with E-state index in [9.17, 15) is 18.0 Å². The molecule has 166 valence electrons. The van der Waals surface area contributed by atoms with Crippen molar-refractivity contribution in [1.29, 1.82) is 0 Å². The first-order valence-electron chi connectivity index (χ1n) is 10.3. The number of rotatable bonds is 6. The second-order valence-electron chi connectivity index (χ2n) is 7.56. The lowest BCUT2D eigenvalue weighted by Gasteiger charge is -2.13. The fraction of sp³-hybridized carbons (Fsp3) is 0.250. The van der Waals surface area contributed by atoms with Gasteiger partial charge in [-0.05, 0) is 35.6 Å². The molecule has 3 aromatic rings. The van der Waals surface area contributed by atoms with Crippen LogP contribution in [-0.2, 0) is 38.0 Å². The van der Waals surface area contributed by atoms with Crippen molar-refractivity contribution in [2.75, 3.05) is 17.7 Å². The second-order valence-corrected chi connectivity index (χ2v) is 10.8. The van der Waals surface area contributed by atoms with E-state index in [1.165, 1.54) is 0 Å². The van der Waals surface area contributed by atoms with E-state index in [4.69, 9.17) is 4.74 Å². The third kappa shape index (κ3) is 4.92. The summed E-state index contributed by atoms with van der Waals surface area (Å²) >= 11 is 1.15. The maximum atomic E-state index is 12.7. The van der Waals surface area contributed by atoms with E-state index in [1.54, 1.807) is 6.92 Å². The molecule has 0 unspecified atom stereocenters. The van der Waals surface area contributed by atoms with Crippen molar-refractivity contribution in [3.05, 3.63) is 76.2 Å². The average molecular weight is 470 g/mol. The highest BCUT2D eigenvalue weighted by Crippen LogP contribution is 2.38. The maximum Gasteiger partial charge on any atom is 0.341 e. The van der Waals surface area contributed by atoms with E-state index in [0.717, 1.165) is 28.0 Å². The summed E-state index contributed by atoms with van der Waals surface area (Å²) in [5.41, 5.74) is 3.96. The smallest absolute Gasteiger partial charge is 0.341 e. The predicted octanol–water partition coefficient (Wildman–Crippen LogP) is 4.24. The van der Waals surface area contributed by atoms with E-state index < -0.39 is 15.8 Å². The Morgan fingerprint density at radius 3 is 2.41 bits per heavy atom. The molecule has 1 aliphatic rings. The Bertz CT molecular complexity index is 1250. The van der Waals surface area contributed by atoms with Gasteiger partial charge in [0.1, 0.15) is 5.00 Å². The third-order valence-corrected chi connectivity index (χ3v) is 8.15. The fourth-order valence-corrected chi connectivity index (χ4v) is 6.79. The highest BCUT2D eigenvalue weighted by molar-refractivity contribution is 7.90. The van der Waals surface area contributed by atoms with Gasteiger partial charge in [-0.3, -0.25) is 4.79 Å². The molecule has 0 atom stereocenters. The summed E-state index contributed by atoms with van der Waals surface area (Å²) < 4.78 is 29.2. The normalized spacial score (nSPS) is 14.4. The van der Waals surface area contributed by atoms with Crippen molar-refractivity contribution < 1.29 is 22.7 Å². The summed E-state index contributed by atoms with van der Waals surface area (Å²) in [4.78, 5) is 25.9. The Hall–Kier alpha value is -2.97. The van der Waals surface area contributed by atoms with Crippen LogP contribution in [0.25, 0.3) is 11.1 Å². The van der Waals surface area contributed by atoms with E-state index >= 15 is 0 Å². The first-order chi connectivity index (χ1) is 15.4. The van der Waals surface area contributed by atoms with Crippen molar-refractivity contribution in [3.63, 3.8) is 0 Å². The molecular weight excluding hydrogens is 446 g/mol. The summed E-state index contributed by atoms with van der Waals surface area (Å²) in [6.07, 6.45) is 0.386. The number of sulfone groups is 1. The highest BCUT2D eigenvalue weighted by atomic mass is 32.2. The minimum absolute atomic E-state index is 0.00964. The molecule has 0 bridgehead atoms. The lowest BCUT2D eigenvalue weighted by molar-refractivity contribution is -0.115. The number of fused-ring (bicyclic) bond motifs is 1. The summed E-state index contributed by atoms with van der Waals surface area (Å²) in [5, 5.41) is 3.17. The fourth-order valence-electron chi connectivity index (χ4n) is 3.73. The predicted molar refractivity (Wildman–Crippen MR) is 126 cm³/mol. The number of anilines is 1. The molecule has 32 heavy (non-hydrogen) atoms. The van der Waals surface area contributed by atoms with Gasteiger partial charge in [-0.15, -0.1) is 11.3 Å². The molecule has 0 aliphatic carbocycles. The number of benzene rings is 2. The Balaban J connectivity index is 1.53. The molecule has 4 rings (SSSR count). The molecule has 0 saturated heterocycles. The van der Waals surface area contributed by atoms with Crippen LogP contribution in [-0.4, -0.2) is 32.7 Å². The van der Waals surface area contributed by atoms with Gasteiger partial charge >= 0.3 is 5.97 Å². The summed E-state index contributed by atoms with van der Waals surface area (Å²) in [6.45, 7) is 1.90. The minimum Gasteiger partial charge on any atom is -0.462 e. The van der Waals surface area contributed by atoms with Crippen molar-refractivity contribution >= 4 is 38.1 Å². The first kappa shape index (κ1) is 22.2. The van der Waals surface area contributed by atoms with Crippen LogP contribution in [0.5, 0.6) is 0 Å². The highest BCUT2D eigenvalue weighted by Gasteiger charge is 2.32. The Morgan fingerprint density at radius 2 is 1.72 bits per heavy atom. The zero-order valence-electron chi connectivity index (χ0n) is 17.6. The number of amides is 1. The van der Waals surface area contributed by atoms with E-state index in [2.05, 4.69) is 5.32 Å². The van der Waals surface area contributed by atoms with Crippen LogP contribution in [0.15, 0.2) is 54.6 Å². The zero-order valence-corrected chi connectivity index (χ0v) is 19.2. The molecule has 2 heterocycles. The molecule has 0 radical (unpaired) electrons. The molecule has 0 fully saturated rings.